The summed E-state index contributed by atoms with van der Waals surface area (Å²) >= 11 is 5.85. The van der Waals surface area contributed by atoms with Crippen LogP contribution < -0.4 is 4.90 Å². The lowest BCUT2D eigenvalue weighted by Crippen LogP contribution is -2.49. The first-order valence-electron chi connectivity index (χ1n) is 7.20. The molecule has 1 aliphatic heterocycles. The van der Waals surface area contributed by atoms with Crippen molar-refractivity contribution in [3.8, 4) is 6.07 Å². The predicted molar refractivity (Wildman–Crippen MR) is 86.3 cm³/mol. The lowest BCUT2D eigenvalue weighted by atomic mass is 10.2. The van der Waals surface area contributed by atoms with Crippen LogP contribution in [-0.4, -0.2) is 47.0 Å². The highest BCUT2D eigenvalue weighted by atomic mass is 35.5. The predicted octanol–water partition coefficient (Wildman–Crippen LogP) is 1.96. The van der Waals surface area contributed by atoms with E-state index in [1.807, 2.05) is 11.0 Å². The Kier molecular flexibility index (Phi) is 4.40. The van der Waals surface area contributed by atoms with E-state index >= 15 is 0 Å². The summed E-state index contributed by atoms with van der Waals surface area (Å²) in [4.78, 5) is 24.5. The third-order valence-electron chi connectivity index (χ3n) is 3.74. The second-order valence-electron chi connectivity index (χ2n) is 5.13. The normalized spacial score (nSPS) is 14.4. The summed E-state index contributed by atoms with van der Waals surface area (Å²) in [6, 6.07) is 8.93. The molecule has 0 N–H and O–H groups in total. The monoisotopic (exact) mass is 327 g/mol. The number of hydrogen-bond acceptors (Lipinski definition) is 5. The van der Waals surface area contributed by atoms with Crippen LogP contribution in [0.15, 0.2) is 36.7 Å². The van der Waals surface area contributed by atoms with Gasteiger partial charge in [0.05, 0.1) is 0 Å². The number of benzene rings is 1. The molecule has 0 spiro atoms. The maximum Gasteiger partial charge on any atom is 0.253 e. The lowest BCUT2D eigenvalue weighted by Gasteiger charge is -2.35. The molecule has 1 aromatic heterocycles. The van der Waals surface area contributed by atoms with Gasteiger partial charge in [-0.2, -0.15) is 5.26 Å². The molecule has 0 radical (unpaired) electrons. The van der Waals surface area contributed by atoms with E-state index in [4.69, 9.17) is 16.9 Å². The SMILES string of the molecule is N#Cc1nccnc1N1CCN(C(=O)c2ccc(Cl)cc2)CC1. The summed E-state index contributed by atoms with van der Waals surface area (Å²) in [6.45, 7) is 2.38. The Morgan fingerprint density at radius 2 is 1.74 bits per heavy atom. The number of nitriles is 1. The van der Waals surface area contributed by atoms with Gasteiger partial charge < -0.3 is 9.80 Å². The Balaban J connectivity index is 1.68. The van der Waals surface area contributed by atoms with E-state index in [1.165, 1.54) is 6.20 Å². The number of piperazine rings is 1. The van der Waals surface area contributed by atoms with Gasteiger partial charge in [-0.25, -0.2) is 9.97 Å². The lowest BCUT2D eigenvalue weighted by molar-refractivity contribution is 0.0746. The molecule has 0 aliphatic carbocycles. The maximum absolute atomic E-state index is 12.5. The van der Waals surface area contributed by atoms with Gasteiger partial charge in [0.25, 0.3) is 5.91 Å². The Hall–Kier alpha value is -2.65. The van der Waals surface area contributed by atoms with Gasteiger partial charge in [-0.1, -0.05) is 11.6 Å². The zero-order valence-corrected chi connectivity index (χ0v) is 13.1. The fourth-order valence-electron chi connectivity index (χ4n) is 2.54. The molecule has 116 valence electrons. The first kappa shape index (κ1) is 15.3. The molecule has 3 rings (SSSR count). The fourth-order valence-corrected chi connectivity index (χ4v) is 2.66. The topological polar surface area (TPSA) is 73.1 Å². The molecule has 1 fully saturated rings. The van der Waals surface area contributed by atoms with Crippen molar-refractivity contribution in [2.75, 3.05) is 31.1 Å². The minimum Gasteiger partial charge on any atom is -0.351 e. The third kappa shape index (κ3) is 3.25. The van der Waals surface area contributed by atoms with Crippen molar-refractivity contribution in [3.05, 3.63) is 52.9 Å². The van der Waals surface area contributed by atoms with Crippen molar-refractivity contribution in [3.63, 3.8) is 0 Å². The Morgan fingerprint density at radius 1 is 1.09 bits per heavy atom. The summed E-state index contributed by atoms with van der Waals surface area (Å²) in [7, 11) is 0. The van der Waals surface area contributed by atoms with Gasteiger partial charge >= 0.3 is 0 Å². The molecule has 2 heterocycles. The van der Waals surface area contributed by atoms with Crippen molar-refractivity contribution < 1.29 is 4.79 Å². The first-order chi connectivity index (χ1) is 11.2. The van der Waals surface area contributed by atoms with E-state index in [-0.39, 0.29) is 5.91 Å². The number of carbonyl (C=O) groups excluding carboxylic acids is 1. The smallest absolute Gasteiger partial charge is 0.253 e. The molecule has 0 atom stereocenters. The van der Waals surface area contributed by atoms with Gasteiger partial charge in [-0.05, 0) is 24.3 Å². The standard InChI is InChI=1S/C16H14ClN5O/c17-13-3-1-12(2-4-13)16(23)22-9-7-21(8-10-22)15-14(11-18)19-5-6-20-15/h1-6H,7-10H2. The van der Waals surface area contributed by atoms with Gasteiger partial charge in [0.15, 0.2) is 11.5 Å². The molecule has 2 aromatic rings. The highest BCUT2D eigenvalue weighted by Crippen LogP contribution is 2.18. The third-order valence-corrected chi connectivity index (χ3v) is 3.99. The summed E-state index contributed by atoms with van der Waals surface area (Å²) in [5, 5.41) is 9.72. The molecule has 1 saturated heterocycles. The molecule has 0 bridgehead atoms. The van der Waals surface area contributed by atoms with E-state index in [0.717, 1.165) is 0 Å². The maximum atomic E-state index is 12.5. The zero-order chi connectivity index (χ0) is 16.2. The summed E-state index contributed by atoms with van der Waals surface area (Å²) < 4.78 is 0. The number of rotatable bonds is 2. The summed E-state index contributed by atoms with van der Waals surface area (Å²) in [6.07, 6.45) is 3.07. The van der Waals surface area contributed by atoms with Crippen molar-refractivity contribution in [1.29, 1.82) is 5.26 Å². The van der Waals surface area contributed by atoms with Gasteiger partial charge in [-0.3, -0.25) is 4.79 Å². The van der Waals surface area contributed by atoms with Crippen LogP contribution in [0.5, 0.6) is 0 Å². The van der Waals surface area contributed by atoms with Gasteiger partial charge in [-0.15, -0.1) is 0 Å². The molecule has 1 aliphatic rings. The van der Waals surface area contributed by atoms with E-state index in [0.29, 0.717) is 48.3 Å². The molecule has 0 unspecified atom stereocenters. The average molecular weight is 328 g/mol. The number of anilines is 1. The van der Waals surface area contributed by atoms with E-state index < -0.39 is 0 Å². The van der Waals surface area contributed by atoms with Crippen molar-refractivity contribution in [2.24, 2.45) is 0 Å². The molecule has 6 nitrogen and oxygen atoms in total. The highest BCUT2D eigenvalue weighted by molar-refractivity contribution is 6.30. The molecule has 23 heavy (non-hydrogen) atoms. The Morgan fingerprint density at radius 3 is 2.39 bits per heavy atom. The summed E-state index contributed by atoms with van der Waals surface area (Å²) in [5.41, 5.74) is 0.935. The van der Waals surface area contributed by atoms with Gasteiger partial charge in [0.2, 0.25) is 0 Å². The van der Waals surface area contributed by atoms with Crippen LogP contribution in [0.1, 0.15) is 16.1 Å². The minimum atomic E-state index is -0.0130. The van der Waals surface area contributed by atoms with Crippen LogP contribution in [0.4, 0.5) is 5.82 Å². The minimum absolute atomic E-state index is 0.0130. The Bertz CT molecular complexity index is 748. The van der Waals surface area contributed by atoms with Crippen LogP contribution in [0.25, 0.3) is 0 Å². The average Bonchev–Trinajstić information content (AvgIpc) is 2.62. The second kappa shape index (κ2) is 6.63. The van der Waals surface area contributed by atoms with Gasteiger partial charge in [0, 0.05) is 49.2 Å². The second-order valence-corrected chi connectivity index (χ2v) is 5.56. The number of carbonyl (C=O) groups is 1. The molecule has 1 amide bonds. The molecule has 7 heteroatoms. The quantitative estimate of drug-likeness (QED) is 0.843. The number of hydrogen-bond donors (Lipinski definition) is 0. The molecule has 0 saturated carbocycles. The van der Waals surface area contributed by atoms with Crippen LogP contribution in [0.2, 0.25) is 5.02 Å². The summed E-state index contributed by atoms with van der Waals surface area (Å²) in [5.74, 6) is 0.564. The fraction of sp³-hybridized carbons (Fsp3) is 0.250. The highest BCUT2D eigenvalue weighted by Gasteiger charge is 2.24. The molecular formula is C16H14ClN5O. The Labute approximate surface area is 138 Å². The first-order valence-corrected chi connectivity index (χ1v) is 7.58. The van der Waals surface area contributed by atoms with Crippen molar-refractivity contribution in [2.45, 2.75) is 0 Å². The van der Waals surface area contributed by atoms with Crippen LogP contribution in [0.3, 0.4) is 0 Å². The number of halogens is 1. The van der Waals surface area contributed by atoms with E-state index in [1.54, 1.807) is 35.4 Å². The number of aromatic nitrogens is 2. The van der Waals surface area contributed by atoms with Crippen molar-refractivity contribution >= 4 is 23.3 Å². The molecule has 1 aromatic carbocycles. The van der Waals surface area contributed by atoms with Crippen LogP contribution in [0, 0.1) is 11.3 Å². The van der Waals surface area contributed by atoms with Crippen molar-refractivity contribution in [1.82, 2.24) is 14.9 Å². The zero-order valence-electron chi connectivity index (χ0n) is 12.3. The van der Waals surface area contributed by atoms with Crippen LogP contribution in [-0.2, 0) is 0 Å². The molecular weight excluding hydrogens is 314 g/mol. The number of amides is 1. The van der Waals surface area contributed by atoms with E-state index in [2.05, 4.69) is 9.97 Å². The van der Waals surface area contributed by atoms with Gasteiger partial charge in [0.1, 0.15) is 6.07 Å². The van der Waals surface area contributed by atoms with E-state index in [9.17, 15) is 4.79 Å². The largest absolute Gasteiger partial charge is 0.351 e. The van der Waals surface area contributed by atoms with Crippen LogP contribution >= 0.6 is 11.6 Å². The number of nitrogens with zero attached hydrogens (tertiary/aromatic N) is 5.